The lowest BCUT2D eigenvalue weighted by atomic mass is 9.97. The molecule has 1 saturated heterocycles. The number of rotatable bonds is 3. The van der Waals surface area contributed by atoms with Gasteiger partial charge in [-0.2, -0.15) is 0 Å². The van der Waals surface area contributed by atoms with E-state index in [0.29, 0.717) is 18.8 Å². The molecule has 0 spiro atoms. The van der Waals surface area contributed by atoms with Crippen LogP contribution in [0.1, 0.15) is 22.8 Å². The Balaban J connectivity index is 1.99. The van der Waals surface area contributed by atoms with Crippen molar-refractivity contribution >= 4 is 22.5 Å². The van der Waals surface area contributed by atoms with Crippen LogP contribution < -0.4 is 4.90 Å². The highest BCUT2D eigenvalue weighted by Gasteiger charge is 2.20. The number of ether oxygens (including phenoxy) is 1. The highest BCUT2D eigenvalue weighted by molar-refractivity contribution is 6.08. The Morgan fingerprint density at radius 3 is 2.48 bits per heavy atom. The van der Waals surface area contributed by atoms with Gasteiger partial charge in [0.1, 0.15) is 11.6 Å². The van der Waals surface area contributed by atoms with E-state index in [0.717, 1.165) is 46.5 Å². The Bertz CT molecular complexity index is 1010. The Hall–Kier alpha value is -2.79. The lowest BCUT2D eigenvalue weighted by molar-refractivity contribution is 0.101. The summed E-state index contributed by atoms with van der Waals surface area (Å²) < 4.78 is 18.9. The molecular weight excluding hydrogens is 343 g/mol. The number of halogens is 1. The molecular formula is C22H21FN2O2. The molecule has 0 bridgehead atoms. The first-order valence-electron chi connectivity index (χ1n) is 9.08. The van der Waals surface area contributed by atoms with Crippen LogP contribution in [0.2, 0.25) is 0 Å². The van der Waals surface area contributed by atoms with E-state index in [1.54, 1.807) is 19.1 Å². The zero-order valence-electron chi connectivity index (χ0n) is 15.5. The predicted octanol–water partition coefficient (Wildman–Crippen LogP) is 4.39. The van der Waals surface area contributed by atoms with Gasteiger partial charge in [-0.15, -0.1) is 0 Å². The second-order valence-electron chi connectivity index (χ2n) is 6.90. The average Bonchev–Trinajstić information content (AvgIpc) is 2.67. The van der Waals surface area contributed by atoms with Crippen molar-refractivity contribution in [2.24, 2.45) is 0 Å². The van der Waals surface area contributed by atoms with Crippen LogP contribution in [-0.4, -0.2) is 37.1 Å². The quantitative estimate of drug-likeness (QED) is 0.647. The number of aromatic nitrogens is 1. The molecule has 0 atom stereocenters. The number of carbonyl (C=O) groups excluding carboxylic acids is 1. The van der Waals surface area contributed by atoms with Gasteiger partial charge >= 0.3 is 0 Å². The first kappa shape index (κ1) is 17.6. The number of benzene rings is 2. The molecule has 0 amide bonds. The third kappa shape index (κ3) is 3.43. The molecule has 0 radical (unpaired) electrons. The third-order valence-electron chi connectivity index (χ3n) is 4.90. The third-order valence-corrected chi connectivity index (χ3v) is 4.90. The molecule has 0 unspecified atom stereocenters. The molecule has 4 nitrogen and oxygen atoms in total. The Morgan fingerprint density at radius 2 is 1.81 bits per heavy atom. The lowest BCUT2D eigenvalue weighted by Gasteiger charge is -2.30. The largest absolute Gasteiger partial charge is 0.378 e. The number of carbonyl (C=O) groups is 1. The molecule has 138 valence electrons. The van der Waals surface area contributed by atoms with Crippen molar-refractivity contribution in [3.05, 3.63) is 59.4 Å². The van der Waals surface area contributed by atoms with Gasteiger partial charge in [0.05, 0.1) is 18.7 Å². The summed E-state index contributed by atoms with van der Waals surface area (Å²) in [6.45, 7) is 6.33. The molecule has 4 rings (SSSR count). The van der Waals surface area contributed by atoms with Crippen molar-refractivity contribution in [3.63, 3.8) is 0 Å². The van der Waals surface area contributed by atoms with Crippen molar-refractivity contribution in [3.8, 4) is 11.1 Å². The van der Waals surface area contributed by atoms with Crippen molar-refractivity contribution in [2.75, 3.05) is 31.2 Å². The number of pyridine rings is 1. The molecule has 3 aromatic rings. The fraction of sp³-hybridized carbons (Fsp3) is 0.273. The number of ketones is 1. The smallest absolute Gasteiger partial charge is 0.160 e. The standard InChI is InChI=1S/C22H21FN2O2/c1-14-11-18(15(2)26)20-13-19(16-3-5-17(23)6-4-16)22(24-21(20)12-14)25-7-9-27-10-8-25/h3-6,11-13H,7-10H2,1-2H3. The van der Waals surface area contributed by atoms with E-state index in [2.05, 4.69) is 4.90 Å². The average molecular weight is 364 g/mol. The topological polar surface area (TPSA) is 42.4 Å². The molecule has 5 heteroatoms. The summed E-state index contributed by atoms with van der Waals surface area (Å²) >= 11 is 0. The van der Waals surface area contributed by atoms with Crippen LogP contribution in [0.5, 0.6) is 0 Å². The summed E-state index contributed by atoms with van der Waals surface area (Å²) in [5.41, 5.74) is 4.24. The van der Waals surface area contributed by atoms with Crippen molar-refractivity contribution in [1.29, 1.82) is 0 Å². The first-order valence-corrected chi connectivity index (χ1v) is 9.08. The van der Waals surface area contributed by atoms with Crippen molar-refractivity contribution in [2.45, 2.75) is 13.8 Å². The number of Topliss-reactive ketones (excluding diaryl/α,β-unsaturated/α-hetero) is 1. The summed E-state index contributed by atoms with van der Waals surface area (Å²) in [5, 5.41) is 0.824. The normalized spacial score (nSPS) is 14.6. The van der Waals surface area contributed by atoms with E-state index in [9.17, 15) is 9.18 Å². The van der Waals surface area contributed by atoms with Gasteiger partial charge in [0.2, 0.25) is 0 Å². The second kappa shape index (κ2) is 7.08. The van der Waals surface area contributed by atoms with Gasteiger partial charge in [0, 0.05) is 29.6 Å². The van der Waals surface area contributed by atoms with Crippen LogP contribution >= 0.6 is 0 Å². The van der Waals surface area contributed by atoms with Gasteiger partial charge in [0.25, 0.3) is 0 Å². The number of morpholine rings is 1. The minimum Gasteiger partial charge on any atom is -0.378 e. The minimum atomic E-state index is -0.277. The second-order valence-corrected chi connectivity index (χ2v) is 6.90. The van der Waals surface area contributed by atoms with Crippen LogP contribution in [0.4, 0.5) is 10.2 Å². The number of fused-ring (bicyclic) bond motifs is 1. The van der Waals surface area contributed by atoms with E-state index < -0.39 is 0 Å². The maximum absolute atomic E-state index is 13.4. The Labute approximate surface area is 157 Å². The molecule has 1 aliphatic rings. The van der Waals surface area contributed by atoms with Crippen LogP contribution in [0.25, 0.3) is 22.0 Å². The van der Waals surface area contributed by atoms with Crippen LogP contribution in [0.3, 0.4) is 0 Å². The monoisotopic (exact) mass is 364 g/mol. The lowest BCUT2D eigenvalue weighted by Crippen LogP contribution is -2.37. The summed E-state index contributed by atoms with van der Waals surface area (Å²) in [7, 11) is 0. The number of hydrogen-bond donors (Lipinski definition) is 0. The molecule has 0 saturated carbocycles. The van der Waals surface area contributed by atoms with Crippen LogP contribution in [0, 0.1) is 12.7 Å². The fourth-order valence-corrected chi connectivity index (χ4v) is 3.56. The fourth-order valence-electron chi connectivity index (χ4n) is 3.56. The van der Waals surface area contributed by atoms with Gasteiger partial charge in [-0.1, -0.05) is 12.1 Å². The van der Waals surface area contributed by atoms with E-state index in [1.165, 1.54) is 12.1 Å². The molecule has 27 heavy (non-hydrogen) atoms. The van der Waals surface area contributed by atoms with E-state index in [1.807, 2.05) is 25.1 Å². The SMILES string of the molecule is CC(=O)c1cc(C)cc2nc(N3CCOCC3)c(-c3ccc(F)cc3)cc12. The number of nitrogens with zero attached hydrogens (tertiary/aromatic N) is 2. The van der Waals surface area contributed by atoms with Gasteiger partial charge < -0.3 is 9.64 Å². The molecule has 1 aromatic heterocycles. The number of anilines is 1. The van der Waals surface area contributed by atoms with E-state index in [4.69, 9.17) is 9.72 Å². The first-order chi connectivity index (χ1) is 13.0. The maximum Gasteiger partial charge on any atom is 0.160 e. The molecule has 1 fully saturated rings. The van der Waals surface area contributed by atoms with Crippen molar-refractivity contribution < 1.29 is 13.9 Å². The molecule has 1 aliphatic heterocycles. The Morgan fingerprint density at radius 1 is 1.11 bits per heavy atom. The highest BCUT2D eigenvalue weighted by Crippen LogP contribution is 2.34. The molecule has 2 aromatic carbocycles. The number of hydrogen-bond acceptors (Lipinski definition) is 4. The predicted molar refractivity (Wildman–Crippen MR) is 105 cm³/mol. The maximum atomic E-state index is 13.4. The van der Waals surface area contributed by atoms with E-state index >= 15 is 0 Å². The van der Waals surface area contributed by atoms with Gasteiger partial charge in [-0.05, 0) is 55.3 Å². The molecule has 2 heterocycles. The van der Waals surface area contributed by atoms with Crippen molar-refractivity contribution in [1.82, 2.24) is 4.98 Å². The minimum absolute atomic E-state index is 0.00896. The Kier molecular flexibility index (Phi) is 4.62. The summed E-state index contributed by atoms with van der Waals surface area (Å²) in [5.74, 6) is 0.577. The van der Waals surface area contributed by atoms with Gasteiger partial charge in [0.15, 0.2) is 5.78 Å². The van der Waals surface area contributed by atoms with Gasteiger partial charge in [-0.25, -0.2) is 9.37 Å². The molecule has 0 N–H and O–H groups in total. The van der Waals surface area contributed by atoms with Crippen LogP contribution in [-0.2, 0) is 4.74 Å². The van der Waals surface area contributed by atoms with E-state index in [-0.39, 0.29) is 11.6 Å². The molecule has 0 aliphatic carbocycles. The number of aryl methyl sites for hydroxylation is 1. The van der Waals surface area contributed by atoms with Crippen LogP contribution in [0.15, 0.2) is 42.5 Å². The zero-order chi connectivity index (χ0) is 19.0. The zero-order valence-corrected chi connectivity index (χ0v) is 15.5. The summed E-state index contributed by atoms with van der Waals surface area (Å²) in [4.78, 5) is 19.3. The van der Waals surface area contributed by atoms with Gasteiger partial charge in [-0.3, -0.25) is 4.79 Å². The summed E-state index contributed by atoms with van der Waals surface area (Å²) in [6.07, 6.45) is 0. The highest BCUT2D eigenvalue weighted by atomic mass is 19.1. The summed E-state index contributed by atoms with van der Waals surface area (Å²) in [6, 6.07) is 12.3.